The minimum absolute atomic E-state index is 0.785. The quantitative estimate of drug-likeness (QED) is 0.679. The van der Waals surface area contributed by atoms with Gasteiger partial charge >= 0.3 is 0 Å². The van der Waals surface area contributed by atoms with Crippen molar-refractivity contribution in [1.82, 2.24) is 9.97 Å². The number of aromatic nitrogens is 2. The van der Waals surface area contributed by atoms with Crippen LogP contribution in [0.4, 0.5) is 5.82 Å². The number of anilines is 1. The molecule has 0 bridgehead atoms. The number of nitrogens with zero attached hydrogens (tertiary/aromatic N) is 2. The van der Waals surface area contributed by atoms with E-state index < -0.39 is 0 Å². The summed E-state index contributed by atoms with van der Waals surface area (Å²) in [6.07, 6.45) is 0.785. The zero-order valence-electron chi connectivity index (χ0n) is 7.62. The van der Waals surface area contributed by atoms with E-state index in [0.717, 1.165) is 34.7 Å². The molecule has 3 rings (SSSR count). The predicted octanol–water partition coefficient (Wildman–Crippen LogP) is 2.11. The zero-order chi connectivity index (χ0) is 9.54. The van der Waals surface area contributed by atoms with Crippen LogP contribution in [0, 0.1) is 0 Å². The fraction of sp³-hybridized carbons (Fsp3) is 0.0909. The number of allylic oxidation sites excluding steroid dienone is 1. The predicted molar refractivity (Wildman–Crippen MR) is 56.0 cm³/mol. The van der Waals surface area contributed by atoms with E-state index in [9.17, 15) is 0 Å². The van der Waals surface area contributed by atoms with Crippen molar-refractivity contribution in [3.8, 4) is 0 Å². The van der Waals surface area contributed by atoms with Gasteiger partial charge in [0.1, 0.15) is 0 Å². The van der Waals surface area contributed by atoms with E-state index in [1.54, 1.807) is 0 Å². The highest BCUT2D eigenvalue weighted by atomic mass is 15.1. The van der Waals surface area contributed by atoms with Crippen molar-refractivity contribution < 1.29 is 0 Å². The highest BCUT2D eigenvalue weighted by Gasteiger charge is 2.16. The van der Waals surface area contributed by atoms with Gasteiger partial charge in [0.15, 0.2) is 5.82 Å². The molecule has 0 aliphatic carbocycles. The third-order valence-corrected chi connectivity index (χ3v) is 2.32. The van der Waals surface area contributed by atoms with Gasteiger partial charge in [-0.05, 0) is 12.1 Å². The maximum atomic E-state index is 4.52. The van der Waals surface area contributed by atoms with Crippen LogP contribution in [-0.4, -0.2) is 9.97 Å². The van der Waals surface area contributed by atoms with Gasteiger partial charge in [0.05, 0.1) is 16.7 Å². The van der Waals surface area contributed by atoms with Crippen LogP contribution in [0.2, 0.25) is 0 Å². The lowest BCUT2D eigenvalue weighted by atomic mass is 10.2. The van der Waals surface area contributed by atoms with Gasteiger partial charge < -0.3 is 5.32 Å². The normalized spacial score (nSPS) is 14.1. The van der Waals surface area contributed by atoms with Crippen molar-refractivity contribution in [2.75, 3.05) is 5.32 Å². The van der Waals surface area contributed by atoms with Gasteiger partial charge in [-0.25, -0.2) is 9.97 Å². The Morgan fingerprint density at radius 2 is 1.86 bits per heavy atom. The number of para-hydroxylation sites is 2. The van der Waals surface area contributed by atoms with Crippen LogP contribution < -0.4 is 5.32 Å². The summed E-state index contributed by atoms with van der Waals surface area (Å²) in [5, 5.41) is 3.12. The van der Waals surface area contributed by atoms with Crippen molar-refractivity contribution >= 4 is 16.9 Å². The second-order valence-electron chi connectivity index (χ2n) is 3.41. The minimum Gasteiger partial charge on any atom is -0.342 e. The van der Waals surface area contributed by atoms with Gasteiger partial charge in [-0.15, -0.1) is 0 Å². The average molecular weight is 183 g/mol. The molecule has 0 unspecified atom stereocenters. The molecule has 0 saturated heterocycles. The maximum Gasteiger partial charge on any atom is 0.153 e. The molecular weight excluding hydrogens is 174 g/mol. The summed E-state index contributed by atoms with van der Waals surface area (Å²) in [6, 6.07) is 7.88. The lowest BCUT2D eigenvalue weighted by Crippen LogP contribution is -1.92. The second kappa shape index (κ2) is 2.54. The molecule has 1 N–H and O–H groups in total. The highest BCUT2D eigenvalue weighted by Crippen LogP contribution is 2.25. The summed E-state index contributed by atoms with van der Waals surface area (Å²) in [5.74, 6) is 0.855. The molecule has 0 fully saturated rings. The van der Waals surface area contributed by atoms with E-state index in [2.05, 4.69) is 21.9 Å². The van der Waals surface area contributed by atoms with Crippen molar-refractivity contribution in [2.24, 2.45) is 0 Å². The Kier molecular flexibility index (Phi) is 1.36. The first kappa shape index (κ1) is 7.50. The topological polar surface area (TPSA) is 37.8 Å². The number of nitrogens with one attached hydrogen (secondary N) is 1. The molecule has 68 valence electrons. The molecule has 1 aliphatic heterocycles. The van der Waals surface area contributed by atoms with Crippen molar-refractivity contribution in [3.05, 3.63) is 42.2 Å². The molecule has 14 heavy (non-hydrogen) atoms. The van der Waals surface area contributed by atoms with Crippen LogP contribution in [-0.2, 0) is 6.42 Å². The fourth-order valence-corrected chi connectivity index (χ4v) is 1.67. The van der Waals surface area contributed by atoms with Crippen LogP contribution in [0.3, 0.4) is 0 Å². The molecule has 0 amide bonds. The summed E-state index contributed by atoms with van der Waals surface area (Å²) in [4.78, 5) is 8.99. The van der Waals surface area contributed by atoms with E-state index in [1.165, 1.54) is 0 Å². The average Bonchev–Trinajstić information content (AvgIpc) is 2.53. The zero-order valence-corrected chi connectivity index (χ0v) is 7.62. The monoisotopic (exact) mass is 183 g/mol. The molecule has 1 aromatic heterocycles. The Morgan fingerprint density at radius 3 is 2.64 bits per heavy atom. The van der Waals surface area contributed by atoms with Crippen LogP contribution in [0.25, 0.3) is 11.0 Å². The van der Waals surface area contributed by atoms with Gasteiger partial charge in [-0.2, -0.15) is 0 Å². The minimum atomic E-state index is 0.785. The Labute approximate surface area is 81.5 Å². The van der Waals surface area contributed by atoms with Crippen LogP contribution in [0.5, 0.6) is 0 Å². The van der Waals surface area contributed by atoms with E-state index in [4.69, 9.17) is 0 Å². The van der Waals surface area contributed by atoms with E-state index in [-0.39, 0.29) is 0 Å². The standard InChI is InChI=1S/C11H9N3/c1-7-6-10-11(12-7)14-9-5-3-2-4-8(9)13-10/h2-5H,1,6H2,(H,12,14). The summed E-state index contributed by atoms with van der Waals surface area (Å²) in [6.45, 7) is 3.87. The third kappa shape index (κ3) is 0.988. The first-order valence-electron chi connectivity index (χ1n) is 4.53. The van der Waals surface area contributed by atoms with Crippen molar-refractivity contribution in [2.45, 2.75) is 6.42 Å². The van der Waals surface area contributed by atoms with Crippen LogP contribution >= 0.6 is 0 Å². The van der Waals surface area contributed by atoms with Crippen molar-refractivity contribution in [1.29, 1.82) is 0 Å². The summed E-state index contributed by atoms with van der Waals surface area (Å²) >= 11 is 0. The lowest BCUT2D eigenvalue weighted by Gasteiger charge is -2.00. The molecule has 0 spiro atoms. The molecule has 3 heteroatoms. The Hall–Kier alpha value is -1.90. The Balaban J connectivity index is 2.31. The van der Waals surface area contributed by atoms with Gasteiger partial charge in [0, 0.05) is 12.1 Å². The second-order valence-corrected chi connectivity index (χ2v) is 3.41. The van der Waals surface area contributed by atoms with Gasteiger partial charge in [-0.1, -0.05) is 18.7 Å². The number of hydrogen-bond donors (Lipinski definition) is 1. The molecular formula is C11H9N3. The number of fused-ring (bicyclic) bond motifs is 2. The van der Waals surface area contributed by atoms with Crippen LogP contribution in [0.1, 0.15) is 5.69 Å². The first-order chi connectivity index (χ1) is 6.83. The fourth-order valence-electron chi connectivity index (χ4n) is 1.67. The molecule has 1 aromatic carbocycles. The number of hydrogen-bond acceptors (Lipinski definition) is 3. The van der Waals surface area contributed by atoms with Gasteiger partial charge in [0.2, 0.25) is 0 Å². The van der Waals surface area contributed by atoms with E-state index in [0.29, 0.717) is 0 Å². The Bertz CT molecular complexity index is 485. The summed E-state index contributed by atoms with van der Waals surface area (Å²) in [5.41, 5.74) is 3.83. The molecule has 0 saturated carbocycles. The molecule has 2 aromatic rings. The molecule has 0 radical (unpaired) electrons. The highest BCUT2D eigenvalue weighted by molar-refractivity contribution is 5.77. The Morgan fingerprint density at radius 1 is 1.14 bits per heavy atom. The molecule has 0 atom stereocenters. The van der Waals surface area contributed by atoms with Crippen molar-refractivity contribution in [3.63, 3.8) is 0 Å². The molecule has 1 aliphatic rings. The van der Waals surface area contributed by atoms with Gasteiger partial charge in [0.25, 0.3) is 0 Å². The summed E-state index contributed by atoms with van der Waals surface area (Å²) < 4.78 is 0. The van der Waals surface area contributed by atoms with Crippen LogP contribution in [0.15, 0.2) is 36.5 Å². The third-order valence-electron chi connectivity index (χ3n) is 2.32. The first-order valence-corrected chi connectivity index (χ1v) is 4.53. The van der Waals surface area contributed by atoms with Gasteiger partial charge in [-0.3, -0.25) is 0 Å². The summed E-state index contributed by atoms with van der Waals surface area (Å²) in [7, 11) is 0. The van der Waals surface area contributed by atoms with E-state index >= 15 is 0 Å². The number of benzene rings is 1. The maximum absolute atomic E-state index is 4.52. The largest absolute Gasteiger partial charge is 0.342 e. The lowest BCUT2D eigenvalue weighted by molar-refractivity contribution is 1.14. The van der Waals surface area contributed by atoms with E-state index in [1.807, 2.05) is 24.3 Å². The molecule has 3 nitrogen and oxygen atoms in total. The SMILES string of the molecule is C=C1Cc2nc3ccccc3nc2N1. The number of rotatable bonds is 0. The smallest absolute Gasteiger partial charge is 0.153 e. The molecule has 2 heterocycles.